The lowest BCUT2D eigenvalue weighted by Crippen LogP contribution is -2.37. The van der Waals surface area contributed by atoms with Crippen molar-refractivity contribution in [2.75, 3.05) is 13.6 Å². The topological polar surface area (TPSA) is 62.5 Å². The summed E-state index contributed by atoms with van der Waals surface area (Å²) in [6, 6.07) is 10.3. The fraction of sp³-hybridized carbons (Fsp3) is 0.375. The summed E-state index contributed by atoms with van der Waals surface area (Å²) in [5, 5.41) is 10.6. The minimum absolute atomic E-state index is 0. The molecule has 0 unspecified atom stereocenters. The number of rotatable bonds is 5. The van der Waals surface area contributed by atoms with Gasteiger partial charge in [-0.25, -0.2) is 0 Å². The first kappa shape index (κ1) is 18.5. The molecule has 0 aliphatic heterocycles. The molecule has 0 saturated heterocycles. The second-order valence-electron chi connectivity index (χ2n) is 4.89. The summed E-state index contributed by atoms with van der Waals surface area (Å²) < 4.78 is 5.16. The van der Waals surface area contributed by atoms with Gasteiger partial charge in [-0.15, -0.1) is 24.0 Å². The van der Waals surface area contributed by atoms with Gasteiger partial charge in [0.05, 0.1) is 5.69 Å². The molecule has 1 heterocycles. The highest BCUT2D eigenvalue weighted by Gasteiger charge is 2.08. The van der Waals surface area contributed by atoms with E-state index in [1.807, 2.05) is 32.0 Å². The maximum absolute atomic E-state index is 5.16. The number of aryl methyl sites for hydroxylation is 2. The monoisotopic (exact) mass is 414 g/mol. The number of aliphatic imine (C=N–C) groups is 1. The molecule has 0 atom stereocenters. The van der Waals surface area contributed by atoms with Crippen LogP contribution in [0.5, 0.6) is 0 Å². The van der Waals surface area contributed by atoms with Crippen LogP contribution in [-0.2, 0) is 13.0 Å². The molecule has 0 saturated carbocycles. The SMILES string of the molecule is CN=C(NCCc1c(C)noc1C)NCc1ccccc1.I. The van der Waals surface area contributed by atoms with Gasteiger partial charge in [0.15, 0.2) is 5.96 Å². The largest absolute Gasteiger partial charge is 0.361 e. The van der Waals surface area contributed by atoms with Crippen molar-refractivity contribution in [2.45, 2.75) is 26.8 Å². The van der Waals surface area contributed by atoms with Gasteiger partial charge >= 0.3 is 0 Å². The van der Waals surface area contributed by atoms with Crippen molar-refractivity contribution in [3.8, 4) is 0 Å². The molecule has 1 aromatic heterocycles. The van der Waals surface area contributed by atoms with Crippen molar-refractivity contribution < 1.29 is 4.52 Å². The van der Waals surface area contributed by atoms with E-state index in [9.17, 15) is 0 Å². The molecule has 1 aromatic carbocycles. The van der Waals surface area contributed by atoms with Crippen LogP contribution < -0.4 is 10.6 Å². The molecule has 22 heavy (non-hydrogen) atoms. The third-order valence-corrected chi connectivity index (χ3v) is 3.38. The second-order valence-corrected chi connectivity index (χ2v) is 4.89. The highest BCUT2D eigenvalue weighted by Crippen LogP contribution is 2.11. The fourth-order valence-corrected chi connectivity index (χ4v) is 2.17. The zero-order valence-electron chi connectivity index (χ0n) is 13.2. The van der Waals surface area contributed by atoms with Gasteiger partial charge in [-0.05, 0) is 25.8 Å². The molecule has 6 heteroatoms. The van der Waals surface area contributed by atoms with E-state index >= 15 is 0 Å². The van der Waals surface area contributed by atoms with Gasteiger partial charge in [0.1, 0.15) is 5.76 Å². The van der Waals surface area contributed by atoms with E-state index in [4.69, 9.17) is 4.52 Å². The maximum Gasteiger partial charge on any atom is 0.191 e. The van der Waals surface area contributed by atoms with E-state index in [1.54, 1.807) is 7.05 Å². The fourth-order valence-electron chi connectivity index (χ4n) is 2.17. The Labute approximate surface area is 148 Å². The van der Waals surface area contributed by atoms with Crippen LogP contribution in [0.4, 0.5) is 0 Å². The summed E-state index contributed by atoms with van der Waals surface area (Å²) in [5.41, 5.74) is 3.36. The Balaban J connectivity index is 0.00000242. The van der Waals surface area contributed by atoms with Crippen LogP contribution in [-0.4, -0.2) is 24.7 Å². The summed E-state index contributed by atoms with van der Waals surface area (Å²) in [4.78, 5) is 4.22. The van der Waals surface area contributed by atoms with Crippen LogP contribution in [0.3, 0.4) is 0 Å². The summed E-state index contributed by atoms with van der Waals surface area (Å²) in [6.45, 7) is 5.45. The van der Waals surface area contributed by atoms with Crippen molar-refractivity contribution in [1.29, 1.82) is 0 Å². The van der Waals surface area contributed by atoms with Crippen LogP contribution in [0.15, 0.2) is 39.8 Å². The highest BCUT2D eigenvalue weighted by atomic mass is 127. The van der Waals surface area contributed by atoms with Crippen molar-refractivity contribution in [3.63, 3.8) is 0 Å². The van der Waals surface area contributed by atoms with Gasteiger partial charge < -0.3 is 15.2 Å². The number of aromatic nitrogens is 1. The molecule has 0 aliphatic rings. The van der Waals surface area contributed by atoms with Crippen LogP contribution in [0.2, 0.25) is 0 Å². The third-order valence-electron chi connectivity index (χ3n) is 3.38. The first-order valence-corrected chi connectivity index (χ1v) is 7.11. The summed E-state index contributed by atoms with van der Waals surface area (Å²) in [7, 11) is 1.77. The number of halogens is 1. The molecule has 2 N–H and O–H groups in total. The second kappa shape index (κ2) is 9.45. The number of hydrogen-bond acceptors (Lipinski definition) is 3. The average molecular weight is 414 g/mol. The Morgan fingerprint density at radius 3 is 2.50 bits per heavy atom. The smallest absolute Gasteiger partial charge is 0.191 e. The first-order valence-electron chi connectivity index (χ1n) is 7.11. The Kier molecular flexibility index (Phi) is 7.94. The summed E-state index contributed by atoms with van der Waals surface area (Å²) >= 11 is 0. The number of nitrogens with zero attached hydrogens (tertiary/aromatic N) is 2. The van der Waals surface area contributed by atoms with Crippen molar-refractivity contribution in [3.05, 3.63) is 52.9 Å². The summed E-state index contributed by atoms with van der Waals surface area (Å²) in [6.07, 6.45) is 0.868. The molecule has 0 spiro atoms. The van der Waals surface area contributed by atoms with Gasteiger partial charge in [0.2, 0.25) is 0 Å². The Hall–Kier alpha value is -1.57. The molecule has 2 aromatic rings. The van der Waals surface area contributed by atoms with Gasteiger partial charge in [0.25, 0.3) is 0 Å². The Bertz CT molecular complexity index is 576. The molecule has 5 nitrogen and oxygen atoms in total. The van der Waals surface area contributed by atoms with Gasteiger partial charge in [0, 0.05) is 25.7 Å². The molecular weight excluding hydrogens is 391 g/mol. The lowest BCUT2D eigenvalue weighted by atomic mass is 10.1. The first-order chi connectivity index (χ1) is 10.2. The third kappa shape index (κ3) is 5.32. The molecule has 0 aliphatic carbocycles. The average Bonchev–Trinajstić information content (AvgIpc) is 2.83. The number of benzene rings is 1. The van der Waals surface area contributed by atoms with Gasteiger partial charge in [-0.2, -0.15) is 0 Å². The molecule has 120 valence electrons. The minimum atomic E-state index is 0. The maximum atomic E-state index is 5.16. The minimum Gasteiger partial charge on any atom is -0.361 e. The normalized spacial score (nSPS) is 11.0. The van der Waals surface area contributed by atoms with E-state index in [-0.39, 0.29) is 24.0 Å². The zero-order chi connectivity index (χ0) is 15.1. The molecular formula is C16H23IN4O. The van der Waals surface area contributed by atoms with E-state index in [0.29, 0.717) is 0 Å². The number of hydrogen-bond donors (Lipinski definition) is 2. The van der Waals surface area contributed by atoms with Crippen molar-refractivity contribution in [1.82, 2.24) is 15.8 Å². The van der Waals surface area contributed by atoms with E-state index in [2.05, 4.69) is 32.9 Å². The van der Waals surface area contributed by atoms with Crippen LogP contribution in [0, 0.1) is 13.8 Å². The molecule has 2 rings (SSSR count). The molecule has 0 radical (unpaired) electrons. The molecule has 0 fully saturated rings. The Morgan fingerprint density at radius 2 is 1.91 bits per heavy atom. The van der Waals surface area contributed by atoms with Gasteiger partial charge in [-0.3, -0.25) is 4.99 Å². The van der Waals surface area contributed by atoms with Crippen molar-refractivity contribution in [2.24, 2.45) is 4.99 Å². The standard InChI is InChI=1S/C16H22N4O.HI/c1-12-15(13(2)21-20-12)9-10-18-16(17-3)19-11-14-7-5-4-6-8-14;/h4-8H,9-11H2,1-3H3,(H2,17,18,19);1H. The van der Waals surface area contributed by atoms with Gasteiger partial charge in [-0.1, -0.05) is 35.5 Å². The van der Waals surface area contributed by atoms with Crippen LogP contribution in [0.1, 0.15) is 22.6 Å². The Morgan fingerprint density at radius 1 is 1.18 bits per heavy atom. The predicted molar refractivity (Wildman–Crippen MR) is 99.7 cm³/mol. The van der Waals surface area contributed by atoms with E-state index in [1.165, 1.54) is 11.1 Å². The van der Waals surface area contributed by atoms with E-state index < -0.39 is 0 Å². The quantitative estimate of drug-likeness (QED) is 0.449. The van der Waals surface area contributed by atoms with E-state index in [0.717, 1.165) is 36.9 Å². The van der Waals surface area contributed by atoms with Crippen molar-refractivity contribution >= 4 is 29.9 Å². The molecule has 0 bridgehead atoms. The molecule has 0 amide bonds. The van der Waals surface area contributed by atoms with Crippen LogP contribution >= 0.6 is 24.0 Å². The van der Waals surface area contributed by atoms with Crippen LogP contribution in [0.25, 0.3) is 0 Å². The lowest BCUT2D eigenvalue weighted by Gasteiger charge is -2.11. The predicted octanol–water partition coefficient (Wildman–Crippen LogP) is 2.82. The lowest BCUT2D eigenvalue weighted by molar-refractivity contribution is 0.392. The summed E-state index contributed by atoms with van der Waals surface area (Å²) in [5.74, 6) is 1.69. The number of nitrogens with one attached hydrogen (secondary N) is 2. The number of guanidine groups is 1. The highest BCUT2D eigenvalue weighted by molar-refractivity contribution is 14.0. The zero-order valence-corrected chi connectivity index (χ0v) is 15.5.